The maximum absolute atomic E-state index is 12.8. The predicted octanol–water partition coefficient (Wildman–Crippen LogP) is 17.5. The first kappa shape index (κ1) is 58.4. The van der Waals surface area contributed by atoms with Gasteiger partial charge in [-0.1, -0.05) is 265 Å². The van der Waals surface area contributed by atoms with Crippen LogP contribution in [0.15, 0.2) is 0 Å². The Morgan fingerprint density at radius 2 is 0.550 bits per heavy atom. The first-order valence-corrected chi connectivity index (χ1v) is 26.9. The molecule has 0 amide bonds. The largest absolute Gasteiger partial charge is 0.462 e. The van der Waals surface area contributed by atoms with Gasteiger partial charge in [0.15, 0.2) is 6.10 Å². The van der Waals surface area contributed by atoms with Crippen molar-refractivity contribution < 1.29 is 28.6 Å². The van der Waals surface area contributed by atoms with Gasteiger partial charge in [-0.15, -0.1) is 0 Å². The maximum Gasteiger partial charge on any atom is 0.306 e. The number of carbonyl (C=O) groups excluding carboxylic acids is 3. The molecule has 0 unspecified atom stereocenters. The van der Waals surface area contributed by atoms with Gasteiger partial charge >= 0.3 is 17.9 Å². The van der Waals surface area contributed by atoms with Crippen molar-refractivity contribution in [1.82, 2.24) is 0 Å². The van der Waals surface area contributed by atoms with E-state index in [-0.39, 0.29) is 31.1 Å². The molecule has 0 aromatic heterocycles. The molecular weight excluding hydrogens is 745 g/mol. The van der Waals surface area contributed by atoms with E-state index in [2.05, 4.69) is 27.7 Å². The van der Waals surface area contributed by atoms with Crippen LogP contribution in [0.3, 0.4) is 0 Å². The lowest BCUT2D eigenvalue weighted by atomic mass is 10.0. The minimum atomic E-state index is -0.759. The number of hydrogen-bond donors (Lipinski definition) is 0. The standard InChI is InChI=1S/C54H104O6/c1-5-7-9-11-13-14-15-16-17-21-25-28-31-35-39-43-47-54(57)60-51(48-58-52(55)45-41-37-32-12-10-8-6-2)49-59-53(56)46-42-38-34-30-27-24-22-19-18-20-23-26-29-33-36-40-44-50(3)4/h50-51H,5-49H2,1-4H3/t51-/m1/s1. The molecule has 0 radical (unpaired) electrons. The summed E-state index contributed by atoms with van der Waals surface area (Å²) in [6, 6.07) is 0. The van der Waals surface area contributed by atoms with Crippen molar-refractivity contribution in [3.8, 4) is 0 Å². The highest BCUT2D eigenvalue weighted by Crippen LogP contribution is 2.17. The molecule has 60 heavy (non-hydrogen) atoms. The molecule has 6 heteroatoms. The molecule has 6 nitrogen and oxygen atoms in total. The van der Waals surface area contributed by atoms with Gasteiger partial charge in [0, 0.05) is 19.3 Å². The second-order valence-electron chi connectivity index (χ2n) is 19.0. The summed E-state index contributed by atoms with van der Waals surface area (Å²) in [7, 11) is 0. The Bertz CT molecular complexity index is 903. The van der Waals surface area contributed by atoms with Crippen LogP contribution in [0.2, 0.25) is 0 Å². The number of ether oxygens (including phenoxy) is 3. The van der Waals surface area contributed by atoms with E-state index in [4.69, 9.17) is 14.2 Å². The molecule has 356 valence electrons. The van der Waals surface area contributed by atoms with Crippen LogP contribution in [-0.2, 0) is 28.6 Å². The molecule has 0 aromatic rings. The molecule has 0 rings (SSSR count). The van der Waals surface area contributed by atoms with Gasteiger partial charge in [0.1, 0.15) is 13.2 Å². The maximum atomic E-state index is 12.8. The van der Waals surface area contributed by atoms with Crippen molar-refractivity contribution in [2.75, 3.05) is 13.2 Å². The smallest absolute Gasteiger partial charge is 0.306 e. The lowest BCUT2D eigenvalue weighted by Crippen LogP contribution is -2.30. The van der Waals surface area contributed by atoms with Crippen LogP contribution in [-0.4, -0.2) is 37.2 Å². The van der Waals surface area contributed by atoms with Gasteiger partial charge in [0.2, 0.25) is 0 Å². The highest BCUT2D eigenvalue weighted by atomic mass is 16.6. The molecule has 0 aliphatic rings. The van der Waals surface area contributed by atoms with Crippen LogP contribution in [0.25, 0.3) is 0 Å². The fourth-order valence-electron chi connectivity index (χ4n) is 8.22. The topological polar surface area (TPSA) is 78.9 Å². The minimum Gasteiger partial charge on any atom is -0.462 e. The zero-order valence-corrected chi connectivity index (χ0v) is 40.9. The first-order chi connectivity index (χ1) is 29.4. The predicted molar refractivity (Wildman–Crippen MR) is 257 cm³/mol. The van der Waals surface area contributed by atoms with E-state index >= 15 is 0 Å². The molecular formula is C54H104O6. The van der Waals surface area contributed by atoms with Gasteiger partial charge < -0.3 is 14.2 Å². The molecule has 0 aromatic carbocycles. The third-order valence-corrected chi connectivity index (χ3v) is 12.3. The Balaban J connectivity index is 4.16. The van der Waals surface area contributed by atoms with E-state index in [1.807, 2.05) is 0 Å². The number of hydrogen-bond acceptors (Lipinski definition) is 6. The Labute approximate surface area is 374 Å². The number of esters is 3. The normalized spacial score (nSPS) is 11.9. The Hall–Kier alpha value is -1.59. The Morgan fingerprint density at radius 3 is 0.817 bits per heavy atom. The van der Waals surface area contributed by atoms with Crippen molar-refractivity contribution in [3.05, 3.63) is 0 Å². The quantitative estimate of drug-likeness (QED) is 0.0345. The molecule has 1 atom stereocenters. The second-order valence-corrected chi connectivity index (χ2v) is 19.0. The fraction of sp³-hybridized carbons (Fsp3) is 0.944. The van der Waals surface area contributed by atoms with Gasteiger partial charge in [0.05, 0.1) is 0 Å². The summed E-state index contributed by atoms with van der Waals surface area (Å²) >= 11 is 0. The number of carbonyl (C=O) groups is 3. The molecule has 0 fully saturated rings. The van der Waals surface area contributed by atoms with E-state index < -0.39 is 6.10 Å². The molecule has 0 aliphatic carbocycles. The van der Waals surface area contributed by atoms with Crippen LogP contribution in [0.1, 0.15) is 304 Å². The second kappa shape index (κ2) is 48.4. The molecule has 0 N–H and O–H groups in total. The molecule has 0 aliphatic heterocycles. The van der Waals surface area contributed by atoms with E-state index in [1.54, 1.807) is 0 Å². The average molecular weight is 849 g/mol. The van der Waals surface area contributed by atoms with Crippen molar-refractivity contribution in [2.45, 2.75) is 310 Å². The van der Waals surface area contributed by atoms with Crippen LogP contribution in [0, 0.1) is 5.92 Å². The van der Waals surface area contributed by atoms with Gasteiger partial charge in [-0.05, 0) is 25.2 Å². The van der Waals surface area contributed by atoms with E-state index in [1.165, 1.54) is 199 Å². The van der Waals surface area contributed by atoms with Gasteiger partial charge in [-0.2, -0.15) is 0 Å². The van der Waals surface area contributed by atoms with Crippen molar-refractivity contribution in [3.63, 3.8) is 0 Å². The summed E-state index contributed by atoms with van der Waals surface area (Å²) in [4.78, 5) is 37.8. The van der Waals surface area contributed by atoms with Crippen LogP contribution < -0.4 is 0 Å². The molecule has 0 bridgehead atoms. The highest BCUT2D eigenvalue weighted by molar-refractivity contribution is 5.71. The van der Waals surface area contributed by atoms with Crippen LogP contribution in [0.5, 0.6) is 0 Å². The Morgan fingerprint density at radius 1 is 0.317 bits per heavy atom. The molecule has 0 saturated heterocycles. The SMILES string of the molecule is CCCCCCCCCCCCCCCCCCC(=O)O[C@H](COC(=O)CCCCCCCCC)COC(=O)CCCCCCCCCCCCCCCCCCC(C)C. The number of unbranched alkanes of at least 4 members (excludes halogenated alkanes) is 36. The first-order valence-electron chi connectivity index (χ1n) is 26.9. The molecule has 0 saturated carbocycles. The van der Waals surface area contributed by atoms with Crippen molar-refractivity contribution in [2.24, 2.45) is 5.92 Å². The minimum absolute atomic E-state index is 0.0628. The molecule has 0 spiro atoms. The van der Waals surface area contributed by atoms with Crippen LogP contribution >= 0.6 is 0 Å². The van der Waals surface area contributed by atoms with E-state index in [0.29, 0.717) is 19.3 Å². The molecule has 0 heterocycles. The van der Waals surface area contributed by atoms with Gasteiger partial charge in [0.25, 0.3) is 0 Å². The Kier molecular flexibility index (Phi) is 47.2. The summed E-state index contributed by atoms with van der Waals surface area (Å²) in [5.74, 6) is 0.00474. The average Bonchev–Trinajstić information content (AvgIpc) is 3.23. The zero-order chi connectivity index (χ0) is 43.8. The third kappa shape index (κ3) is 47.5. The summed E-state index contributed by atoms with van der Waals surface area (Å²) in [6.45, 7) is 9.01. The zero-order valence-electron chi connectivity index (χ0n) is 40.9. The van der Waals surface area contributed by atoms with Crippen molar-refractivity contribution in [1.29, 1.82) is 0 Å². The monoisotopic (exact) mass is 849 g/mol. The van der Waals surface area contributed by atoms with Gasteiger partial charge in [-0.25, -0.2) is 0 Å². The van der Waals surface area contributed by atoms with E-state index in [9.17, 15) is 14.4 Å². The summed E-state index contributed by atoms with van der Waals surface area (Å²) < 4.78 is 16.8. The number of rotatable bonds is 49. The summed E-state index contributed by atoms with van der Waals surface area (Å²) in [5.41, 5.74) is 0. The van der Waals surface area contributed by atoms with E-state index in [0.717, 1.165) is 63.7 Å². The highest BCUT2D eigenvalue weighted by Gasteiger charge is 2.19. The lowest BCUT2D eigenvalue weighted by Gasteiger charge is -2.18. The van der Waals surface area contributed by atoms with Crippen molar-refractivity contribution >= 4 is 17.9 Å². The summed E-state index contributed by atoms with van der Waals surface area (Å²) in [5, 5.41) is 0. The summed E-state index contributed by atoms with van der Waals surface area (Å²) in [6.07, 6.45) is 51.1. The van der Waals surface area contributed by atoms with Crippen LogP contribution in [0.4, 0.5) is 0 Å². The fourth-order valence-corrected chi connectivity index (χ4v) is 8.22. The third-order valence-electron chi connectivity index (χ3n) is 12.3. The van der Waals surface area contributed by atoms with Gasteiger partial charge in [-0.3, -0.25) is 14.4 Å². The lowest BCUT2D eigenvalue weighted by molar-refractivity contribution is -0.167.